The Bertz CT molecular complexity index is 28.7. The van der Waals surface area contributed by atoms with Gasteiger partial charge in [0.2, 0.25) is 0 Å². The van der Waals surface area contributed by atoms with Crippen LogP contribution in [0.5, 0.6) is 0 Å². The van der Waals surface area contributed by atoms with Crippen molar-refractivity contribution < 1.29 is 4.39 Å². The molecule has 1 atom stereocenters. The Morgan fingerprint density at radius 2 is 2.33 bits per heavy atom. The van der Waals surface area contributed by atoms with Crippen LogP contribution < -0.4 is 5.32 Å². The predicted octanol–water partition coefficient (Wildman–Crippen LogP) is 0.911. The summed E-state index contributed by atoms with van der Waals surface area (Å²) in [4.78, 5) is 0. The molecule has 0 saturated carbocycles. The van der Waals surface area contributed by atoms with Crippen LogP contribution in [0.25, 0.3) is 0 Å². The van der Waals surface area contributed by atoms with E-state index < -0.39 is 6.30 Å². The SMILES string of the molecule is CCNC(C)F. The van der Waals surface area contributed by atoms with E-state index in [-0.39, 0.29) is 0 Å². The lowest BCUT2D eigenvalue weighted by molar-refractivity contribution is 0.304. The van der Waals surface area contributed by atoms with E-state index >= 15 is 0 Å². The molecule has 1 nitrogen and oxygen atoms in total. The highest BCUT2D eigenvalue weighted by Crippen LogP contribution is 1.75. The molecule has 0 aliphatic carbocycles. The molecule has 0 aliphatic rings. The lowest BCUT2D eigenvalue weighted by atomic mass is 10.6. The summed E-state index contributed by atoms with van der Waals surface area (Å²) in [5.41, 5.74) is 0. The number of hydrogen-bond acceptors (Lipinski definition) is 1. The highest BCUT2D eigenvalue weighted by Gasteiger charge is 1.87. The third kappa shape index (κ3) is 3.89. The normalized spacial score (nSPS) is 14.5. The zero-order valence-electron chi connectivity index (χ0n) is 4.16. The van der Waals surface area contributed by atoms with E-state index in [0.717, 1.165) is 0 Å². The third-order valence-corrected chi connectivity index (χ3v) is 0.485. The van der Waals surface area contributed by atoms with Crippen LogP contribution in [0.4, 0.5) is 4.39 Å². The van der Waals surface area contributed by atoms with Crippen molar-refractivity contribution in [2.45, 2.75) is 20.1 Å². The Labute approximate surface area is 37.5 Å². The molecule has 0 saturated heterocycles. The van der Waals surface area contributed by atoms with E-state index in [1.807, 2.05) is 6.92 Å². The lowest BCUT2D eigenvalue weighted by Crippen LogP contribution is -2.19. The zero-order valence-corrected chi connectivity index (χ0v) is 4.16. The standard InChI is InChI=1S/C4H10FN/c1-3-6-4(2)5/h4,6H,3H2,1-2H3. The Hall–Kier alpha value is -0.110. The molecule has 0 fully saturated rings. The molecule has 0 aliphatic heterocycles. The molecule has 0 spiro atoms. The van der Waals surface area contributed by atoms with Gasteiger partial charge in [-0.25, -0.2) is 4.39 Å². The Balaban J connectivity index is 2.63. The Morgan fingerprint density at radius 3 is 2.33 bits per heavy atom. The monoisotopic (exact) mass is 91.1 g/mol. The van der Waals surface area contributed by atoms with E-state index in [4.69, 9.17) is 0 Å². The molecule has 0 heterocycles. The highest BCUT2D eigenvalue weighted by molar-refractivity contribution is 4.37. The van der Waals surface area contributed by atoms with Gasteiger partial charge >= 0.3 is 0 Å². The van der Waals surface area contributed by atoms with Gasteiger partial charge in [0, 0.05) is 0 Å². The number of halogens is 1. The number of rotatable bonds is 2. The van der Waals surface area contributed by atoms with Gasteiger partial charge in [-0.2, -0.15) is 0 Å². The fourth-order valence-corrected chi connectivity index (χ4v) is 0.281. The van der Waals surface area contributed by atoms with E-state index in [0.29, 0.717) is 6.54 Å². The van der Waals surface area contributed by atoms with Crippen LogP contribution in [0.2, 0.25) is 0 Å². The minimum atomic E-state index is -0.852. The number of nitrogens with one attached hydrogen (secondary N) is 1. The molecular formula is C4H10FN. The summed E-state index contributed by atoms with van der Waals surface area (Å²) < 4.78 is 11.6. The third-order valence-electron chi connectivity index (χ3n) is 0.485. The fourth-order valence-electron chi connectivity index (χ4n) is 0.281. The van der Waals surface area contributed by atoms with Crippen molar-refractivity contribution >= 4 is 0 Å². The van der Waals surface area contributed by atoms with Crippen LogP contribution in [0.15, 0.2) is 0 Å². The van der Waals surface area contributed by atoms with Crippen molar-refractivity contribution in [2.24, 2.45) is 0 Å². The van der Waals surface area contributed by atoms with Crippen molar-refractivity contribution in [3.8, 4) is 0 Å². The second-order valence-corrected chi connectivity index (χ2v) is 1.17. The van der Waals surface area contributed by atoms with Gasteiger partial charge in [0.15, 0.2) is 0 Å². The molecule has 0 bridgehead atoms. The van der Waals surface area contributed by atoms with Crippen molar-refractivity contribution in [1.82, 2.24) is 5.32 Å². The summed E-state index contributed by atoms with van der Waals surface area (Å²) in [6.07, 6.45) is -0.852. The first-order valence-electron chi connectivity index (χ1n) is 2.14. The second kappa shape index (κ2) is 3.09. The molecular weight excluding hydrogens is 81.0 g/mol. The fraction of sp³-hybridized carbons (Fsp3) is 1.00. The maximum Gasteiger partial charge on any atom is 0.148 e. The van der Waals surface area contributed by atoms with Crippen LogP contribution in [0, 0.1) is 0 Å². The molecule has 0 aromatic rings. The molecule has 0 aromatic carbocycles. The van der Waals surface area contributed by atoms with Gasteiger partial charge in [-0.1, -0.05) is 6.92 Å². The topological polar surface area (TPSA) is 12.0 Å². The lowest BCUT2D eigenvalue weighted by Gasteiger charge is -1.96. The summed E-state index contributed by atoms with van der Waals surface area (Å²) in [5.74, 6) is 0. The van der Waals surface area contributed by atoms with Gasteiger partial charge in [-0.05, 0) is 13.5 Å². The van der Waals surface area contributed by atoms with Crippen LogP contribution in [0.3, 0.4) is 0 Å². The first-order chi connectivity index (χ1) is 2.77. The summed E-state index contributed by atoms with van der Waals surface area (Å²) >= 11 is 0. The molecule has 1 N–H and O–H groups in total. The van der Waals surface area contributed by atoms with Gasteiger partial charge in [0.25, 0.3) is 0 Å². The quantitative estimate of drug-likeness (QED) is 0.498. The highest BCUT2D eigenvalue weighted by atomic mass is 19.1. The van der Waals surface area contributed by atoms with Crippen molar-refractivity contribution in [3.05, 3.63) is 0 Å². The van der Waals surface area contributed by atoms with Crippen molar-refractivity contribution in [1.29, 1.82) is 0 Å². The van der Waals surface area contributed by atoms with Gasteiger partial charge in [-0.3, -0.25) is 5.32 Å². The van der Waals surface area contributed by atoms with Crippen LogP contribution in [0.1, 0.15) is 13.8 Å². The molecule has 0 rings (SSSR count). The van der Waals surface area contributed by atoms with Crippen LogP contribution >= 0.6 is 0 Å². The maximum atomic E-state index is 11.6. The maximum absolute atomic E-state index is 11.6. The van der Waals surface area contributed by atoms with Gasteiger partial charge < -0.3 is 0 Å². The van der Waals surface area contributed by atoms with Crippen LogP contribution in [-0.4, -0.2) is 12.8 Å². The summed E-state index contributed by atoms with van der Waals surface area (Å²) in [7, 11) is 0. The largest absolute Gasteiger partial charge is 0.288 e. The van der Waals surface area contributed by atoms with E-state index in [9.17, 15) is 4.39 Å². The van der Waals surface area contributed by atoms with E-state index in [1.165, 1.54) is 6.92 Å². The minimum Gasteiger partial charge on any atom is -0.288 e. The molecule has 2 heteroatoms. The molecule has 1 unspecified atom stereocenters. The number of alkyl halides is 1. The van der Waals surface area contributed by atoms with Gasteiger partial charge in [-0.15, -0.1) is 0 Å². The average Bonchev–Trinajstić information content (AvgIpc) is 1.35. The zero-order chi connectivity index (χ0) is 4.99. The van der Waals surface area contributed by atoms with E-state index in [1.54, 1.807) is 0 Å². The molecule has 0 amide bonds. The minimum absolute atomic E-state index is 0.706. The Morgan fingerprint density at radius 1 is 1.83 bits per heavy atom. The van der Waals surface area contributed by atoms with Crippen molar-refractivity contribution in [3.63, 3.8) is 0 Å². The molecule has 0 aromatic heterocycles. The average molecular weight is 91.1 g/mol. The van der Waals surface area contributed by atoms with Gasteiger partial charge in [0.1, 0.15) is 6.30 Å². The molecule has 6 heavy (non-hydrogen) atoms. The van der Waals surface area contributed by atoms with Gasteiger partial charge in [0.05, 0.1) is 0 Å². The Kier molecular flexibility index (Phi) is 3.04. The van der Waals surface area contributed by atoms with Crippen LogP contribution in [-0.2, 0) is 0 Å². The smallest absolute Gasteiger partial charge is 0.148 e. The summed E-state index contributed by atoms with van der Waals surface area (Å²) in [6, 6.07) is 0. The summed E-state index contributed by atoms with van der Waals surface area (Å²) in [5, 5.41) is 2.54. The van der Waals surface area contributed by atoms with E-state index in [2.05, 4.69) is 5.32 Å². The number of hydrogen-bond donors (Lipinski definition) is 1. The first-order valence-corrected chi connectivity index (χ1v) is 2.14. The predicted molar refractivity (Wildman–Crippen MR) is 24.2 cm³/mol. The second-order valence-electron chi connectivity index (χ2n) is 1.17. The molecule has 38 valence electrons. The first kappa shape index (κ1) is 5.89. The van der Waals surface area contributed by atoms with Crippen molar-refractivity contribution in [2.75, 3.05) is 6.54 Å². The summed E-state index contributed by atoms with van der Waals surface area (Å²) in [6.45, 7) is 4.05. The molecule has 0 radical (unpaired) electrons.